The van der Waals surface area contributed by atoms with Crippen molar-refractivity contribution in [1.29, 1.82) is 0 Å². The highest BCUT2D eigenvalue weighted by Gasteiger charge is 2.32. The minimum Gasteiger partial charge on any atom is -0.360 e. The molecule has 6 nitrogen and oxygen atoms in total. The number of amides is 1. The van der Waals surface area contributed by atoms with Gasteiger partial charge in [0.25, 0.3) is 5.91 Å². The Kier molecular flexibility index (Phi) is 4.54. The number of rotatable bonds is 3. The quantitative estimate of drug-likeness (QED) is 0.821. The summed E-state index contributed by atoms with van der Waals surface area (Å²) in [4.78, 5) is 14.6. The lowest BCUT2D eigenvalue weighted by Gasteiger charge is -2.35. The van der Waals surface area contributed by atoms with Gasteiger partial charge in [-0.1, -0.05) is 17.3 Å². The van der Waals surface area contributed by atoms with Gasteiger partial charge in [-0.3, -0.25) is 4.79 Å². The first-order valence-electron chi connectivity index (χ1n) is 7.62. The lowest BCUT2D eigenvalue weighted by Crippen LogP contribution is -2.46. The molecule has 2 aromatic rings. The highest BCUT2D eigenvalue weighted by atomic mass is 32.1. The van der Waals surface area contributed by atoms with Crippen molar-refractivity contribution in [2.75, 3.05) is 12.4 Å². The minimum absolute atomic E-state index is 0.330. The van der Waals surface area contributed by atoms with Crippen molar-refractivity contribution in [3.05, 3.63) is 58.7 Å². The van der Waals surface area contributed by atoms with E-state index in [9.17, 15) is 9.18 Å². The molecule has 1 aliphatic heterocycles. The fourth-order valence-electron chi connectivity index (χ4n) is 2.64. The van der Waals surface area contributed by atoms with Crippen molar-refractivity contribution in [2.45, 2.75) is 19.9 Å². The second kappa shape index (κ2) is 6.64. The number of hydrogen-bond donors (Lipinski definition) is 2. The van der Waals surface area contributed by atoms with E-state index in [-0.39, 0.29) is 11.7 Å². The van der Waals surface area contributed by atoms with E-state index in [1.807, 2.05) is 6.92 Å². The molecule has 2 heterocycles. The number of halogens is 1. The second-order valence-electron chi connectivity index (χ2n) is 5.77. The number of hydrogen-bond acceptors (Lipinski definition) is 4. The Bertz CT molecular complexity index is 860. The van der Waals surface area contributed by atoms with Gasteiger partial charge in [0.1, 0.15) is 11.6 Å². The van der Waals surface area contributed by atoms with Crippen LogP contribution in [0.15, 0.2) is 46.1 Å². The first-order valence-corrected chi connectivity index (χ1v) is 8.02. The molecule has 130 valence electrons. The topological polar surface area (TPSA) is 70.4 Å². The monoisotopic (exact) mass is 360 g/mol. The minimum atomic E-state index is -0.489. The maximum atomic E-state index is 13.3. The van der Waals surface area contributed by atoms with Crippen LogP contribution in [0.25, 0.3) is 0 Å². The van der Waals surface area contributed by atoms with Crippen LogP contribution < -0.4 is 10.6 Å². The van der Waals surface area contributed by atoms with Gasteiger partial charge < -0.3 is 20.1 Å². The summed E-state index contributed by atoms with van der Waals surface area (Å²) in [5.41, 5.74) is 1.91. The van der Waals surface area contributed by atoms with Crippen molar-refractivity contribution in [3.63, 3.8) is 0 Å². The van der Waals surface area contributed by atoms with Gasteiger partial charge in [-0.25, -0.2) is 4.39 Å². The molecule has 2 N–H and O–H groups in total. The van der Waals surface area contributed by atoms with E-state index in [2.05, 4.69) is 15.8 Å². The smallest absolute Gasteiger partial charge is 0.257 e. The largest absolute Gasteiger partial charge is 0.360 e. The number of carbonyl (C=O) groups excluding carboxylic acids is 1. The third kappa shape index (κ3) is 3.39. The molecule has 1 aromatic carbocycles. The lowest BCUT2D eigenvalue weighted by molar-refractivity contribution is -0.113. The fourth-order valence-corrected chi connectivity index (χ4v) is 2.90. The Labute approximate surface area is 149 Å². The maximum Gasteiger partial charge on any atom is 0.257 e. The molecule has 8 heteroatoms. The van der Waals surface area contributed by atoms with Crippen LogP contribution in [0.2, 0.25) is 0 Å². The number of anilines is 1. The van der Waals surface area contributed by atoms with Crippen LogP contribution in [-0.4, -0.2) is 28.1 Å². The molecule has 0 radical (unpaired) electrons. The fraction of sp³-hybridized carbons (Fsp3) is 0.235. The number of thiocarbonyl (C=S) groups is 1. The van der Waals surface area contributed by atoms with Gasteiger partial charge in [-0.05, 0) is 43.8 Å². The van der Waals surface area contributed by atoms with Gasteiger partial charge >= 0.3 is 0 Å². The standard InChI is InChI=1S/C17H17FN4O2S/c1-9-8-13(21-24-9)19-16(23)14-10(2)22(3)17(25)20-15(14)11-4-6-12(18)7-5-11/h4-8,15H,1-3H3,(H,20,25)(H,19,21,23)/t15-/m1/s1. The summed E-state index contributed by atoms with van der Waals surface area (Å²) in [6.45, 7) is 3.55. The Morgan fingerprint density at radius 1 is 1.36 bits per heavy atom. The predicted octanol–water partition coefficient (Wildman–Crippen LogP) is 2.90. The molecule has 3 rings (SSSR count). The van der Waals surface area contributed by atoms with Gasteiger partial charge in [0.2, 0.25) is 0 Å². The van der Waals surface area contributed by atoms with Crippen LogP contribution in [0.5, 0.6) is 0 Å². The number of nitrogens with zero attached hydrogens (tertiary/aromatic N) is 2. The Balaban J connectivity index is 1.99. The molecule has 0 spiro atoms. The third-order valence-corrected chi connectivity index (χ3v) is 4.46. The van der Waals surface area contributed by atoms with Crippen LogP contribution >= 0.6 is 12.2 Å². The summed E-state index contributed by atoms with van der Waals surface area (Å²) in [6.07, 6.45) is 0. The molecule has 0 fully saturated rings. The summed E-state index contributed by atoms with van der Waals surface area (Å²) in [5.74, 6) is 0.249. The normalized spacial score (nSPS) is 17.5. The molecule has 1 atom stereocenters. The average molecular weight is 360 g/mol. The van der Waals surface area contributed by atoms with E-state index in [4.69, 9.17) is 16.7 Å². The van der Waals surface area contributed by atoms with Crippen molar-refractivity contribution in [1.82, 2.24) is 15.4 Å². The average Bonchev–Trinajstić information content (AvgIpc) is 2.97. The van der Waals surface area contributed by atoms with E-state index in [0.29, 0.717) is 28.0 Å². The van der Waals surface area contributed by atoms with Crippen LogP contribution in [0.3, 0.4) is 0 Å². The molecule has 0 unspecified atom stereocenters. The highest BCUT2D eigenvalue weighted by molar-refractivity contribution is 7.80. The molecule has 1 amide bonds. The van der Waals surface area contributed by atoms with Crippen LogP contribution in [-0.2, 0) is 4.79 Å². The van der Waals surface area contributed by atoms with E-state index in [1.54, 1.807) is 37.1 Å². The van der Waals surface area contributed by atoms with E-state index in [1.165, 1.54) is 12.1 Å². The van der Waals surface area contributed by atoms with E-state index < -0.39 is 6.04 Å². The molecule has 0 aliphatic carbocycles. The van der Waals surface area contributed by atoms with Crippen LogP contribution in [0.4, 0.5) is 10.2 Å². The number of benzene rings is 1. The first-order chi connectivity index (χ1) is 11.9. The second-order valence-corrected chi connectivity index (χ2v) is 6.16. The zero-order valence-electron chi connectivity index (χ0n) is 14.0. The van der Waals surface area contributed by atoms with Crippen molar-refractivity contribution < 1.29 is 13.7 Å². The van der Waals surface area contributed by atoms with Crippen LogP contribution in [0.1, 0.15) is 24.3 Å². The maximum absolute atomic E-state index is 13.3. The van der Waals surface area contributed by atoms with Gasteiger partial charge in [-0.15, -0.1) is 0 Å². The summed E-state index contributed by atoms with van der Waals surface area (Å²) in [7, 11) is 1.78. The van der Waals surface area contributed by atoms with Crippen molar-refractivity contribution in [3.8, 4) is 0 Å². The van der Waals surface area contributed by atoms with Gasteiger partial charge in [0.05, 0.1) is 11.6 Å². The van der Waals surface area contributed by atoms with E-state index in [0.717, 1.165) is 5.56 Å². The highest BCUT2D eigenvalue weighted by Crippen LogP contribution is 2.30. The Hall–Kier alpha value is -2.74. The molecule has 0 saturated heterocycles. The SMILES string of the molecule is CC1=C(C(=O)Nc2cc(C)on2)[C@@H](c2ccc(F)cc2)NC(=S)N1C. The number of aromatic nitrogens is 1. The Morgan fingerprint density at radius 3 is 2.64 bits per heavy atom. The summed E-state index contributed by atoms with van der Waals surface area (Å²) < 4.78 is 18.2. The van der Waals surface area contributed by atoms with Gasteiger partial charge in [-0.2, -0.15) is 0 Å². The molecular formula is C17H17FN4O2S. The molecule has 1 aliphatic rings. The molecule has 0 saturated carbocycles. The number of aryl methyl sites for hydroxylation is 1. The molecule has 1 aromatic heterocycles. The molecule has 0 bridgehead atoms. The summed E-state index contributed by atoms with van der Waals surface area (Å²) >= 11 is 5.33. The number of allylic oxidation sites excluding steroid dienone is 1. The first kappa shape index (κ1) is 17.1. The van der Waals surface area contributed by atoms with Gasteiger partial charge in [0, 0.05) is 18.8 Å². The predicted molar refractivity (Wildman–Crippen MR) is 95.2 cm³/mol. The number of carbonyl (C=O) groups is 1. The number of nitrogens with one attached hydrogen (secondary N) is 2. The third-order valence-electron chi connectivity index (χ3n) is 4.07. The molecular weight excluding hydrogens is 343 g/mol. The summed E-state index contributed by atoms with van der Waals surface area (Å²) in [6, 6.07) is 7.10. The Morgan fingerprint density at radius 2 is 2.04 bits per heavy atom. The zero-order chi connectivity index (χ0) is 18.1. The molecule has 25 heavy (non-hydrogen) atoms. The van der Waals surface area contributed by atoms with E-state index >= 15 is 0 Å². The van der Waals surface area contributed by atoms with Crippen molar-refractivity contribution >= 4 is 29.1 Å². The summed E-state index contributed by atoms with van der Waals surface area (Å²) in [5, 5.41) is 10.1. The van der Waals surface area contributed by atoms with Crippen molar-refractivity contribution in [2.24, 2.45) is 0 Å². The zero-order valence-corrected chi connectivity index (χ0v) is 14.8. The van der Waals surface area contributed by atoms with Crippen LogP contribution in [0, 0.1) is 12.7 Å². The van der Waals surface area contributed by atoms with Gasteiger partial charge in [0.15, 0.2) is 10.9 Å². The lowest BCUT2D eigenvalue weighted by atomic mass is 9.94.